The predicted octanol–water partition coefficient (Wildman–Crippen LogP) is 2.90. The Hall–Kier alpha value is -3.78. The molecule has 1 saturated heterocycles. The molecule has 2 N–H and O–H groups in total. The third kappa shape index (κ3) is 6.19. The monoisotopic (exact) mass is 534 g/mol. The Labute approximate surface area is 222 Å². The van der Waals surface area contributed by atoms with E-state index in [-0.39, 0.29) is 24.8 Å². The highest BCUT2D eigenvalue weighted by Gasteiger charge is 2.32. The Morgan fingerprint density at radius 2 is 1.61 bits per heavy atom. The molecular weight excluding hydrogens is 504 g/mol. The summed E-state index contributed by atoms with van der Waals surface area (Å²) in [6.07, 6.45) is 1.63. The molecular formula is C28H30N4O5S. The highest BCUT2D eigenvalue weighted by molar-refractivity contribution is 7.87. The lowest BCUT2D eigenvalue weighted by atomic mass is 10.0. The zero-order valence-electron chi connectivity index (χ0n) is 21.5. The van der Waals surface area contributed by atoms with E-state index in [0.29, 0.717) is 18.8 Å². The number of carboxylic acid groups (broad SMARTS) is 1. The van der Waals surface area contributed by atoms with Crippen LogP contribution in [-0.4, -0.2) is 66.8 Å². The Kier molecular flexibility index (Phi) is 8.11. The van der Waals surface area contributed by atoms with Crippen LogP contribution in [0.1, 0.15) is 42.4 Å². The summed E-state index contributed by atoms with van der Waals surface area (Å²) in [5, 5.41) is 11.0. The van der Waals surface area contributed by atoms with Gasteiger partial charge in [0.05, 0.1) is 0 Å². The van der Waals surface area contributed by atoms with Crippen LogP contribution in [0.3, 0.4) is 0 Å². The van der Waals surface area contributed by atoms with Crippen LogP contribution in [-0.2, 0) is 15.0 Å². The maximum absolute atomic E-state index is 12.7. The van der Waals surface area contributed by atoms with Gasteiger partial charge in [0.15, 0.2) is 5.78 Å². The first-order valence-corrected chi connectivity index (χ1v) is 13.8. The van der Waals surface area contributed by atoms with Crippen molar-refractivity contribution in [2.45, 2.75) is 26.8 Å². The fourth-order valence-electron chi connectivity index (χ4n) is 4.32. The predicted molar refractivity (Wildman–Crippen MR) is 146 cm³/mol. The van der Waals surface area contributed by atoms with Gasteiger partial charge in [-0.3, -0.25) is 14.6 Å². The highest BCUT2D eigenvalue weighted by atomic mass is 32.2. The van der Waals surface area contributed by atoms with Crippen molar-refractivity contribution in [2.75, 3.05) is 31.1 Å². The Balaban J connectivity index is 1.40. The summed E-state index contributed by atoms with van der Waals surface area (Å²) >= 11 is 0. The number of hydrogen-bond donors (Lipinski definition) is 2. The first-order valence-electron chi connectivity index (χ1n) is 12.3. The van der Waals surface area contributed by atoms with E-state index in [4.69, 9.17) is 0 Å². The van der Waals surface area contributed by atoms with Gasteiger partial charge >= 0.3 is 5.97 Å². The molecule has 9 nitrogen and oxygen atoms in total. The Morgan fingerprint density at radius 1 is 0.974 bits per heavy atom. The van der Waals surface area contributed by atoms with Gasteiger partial charge in [-0.15, -0.1) is 0 Å². The molecule has 1 aliphatic heterocycles. The number of carbonyl (C=O) groups is 2. The lowest BCUT2D eigenvalue weighted by Gasteiger charge is -2.36. The molecule has 4 rings (SSSR count). The zero-order valence-corrected chi connectivity index (χ0v) is 22.3. The van der Waals surface area contributed by atoms with Crippen molar-refractivity contribution in [1.29, 1.82) is 0 Å². The molecule has 1 atom stereocenters. The molecule has 0 aliphatic carbocycles. The highest BCUT2D eigenvalue weighted by Crippen LogP contribution is 2.20. The summed E-state index contributed by atoms with van der Waals surface area (Å²) in [6, 6.07) is 14.1. The quantitative estimate of drug-likeness (QED) is 0.353. The lowest BCUT2D eigenvalue weighted by molar-refractivity contribution is -0.140. The molecule has 198 valence electrons. The van der Waals surface area contributed by atoms with Gasteiger partial charge in [0.25, 0.3) is 10.2 Å². The minimum atomic E-state index is -3.91. The van der Waals surface area contributed by atoms with Gasteiger partial charge in [-0.2, -0.15) is 17.4 Å². The van der Waals surface area contributed by atoms with Gasteiger partial charge in [-0.1, -0.05) is 31.8 Å². The van der Waals surface area contributed by atoms with Crippen molar-refractivity contribution in [1.82, 2.24) is 14.0 Å². The van der Waals surface area contributed by atoms with Gasteiger partial charge in [0.1, 0.15) is 11.7 Å². The summed E-state index contributed by atoms with van der Waals surface area (Å²) in [5.74, 6) is 4.64. The number of piperazine rings is 1. The number of fused-ring (bicyclic) bond motifs is 1. The number of aliphatic carboxylic acids is 1. The molecule has 38 heavy (non-hydrogen) atoms. The van der Waals surface area contributed by atoms with Crippen molar-refractivity contribution in [3.05, 3.63) is 71.5 Å². The number of rotatable bonds is 7. The van der Waals surface area contributed by atoms with Crippen LogP contribution in [0, 0.1) is 17.8 Å². The molecule has 1 unspecified atom stereocenters. The number of carbonyl (C=O) groups excluding carboxylic acids is 1. The lowest BCUT2D eigenvalue weighted by Crippen LogP contribution is -2.55. The number of ketones is 1. The van der Waals surface area contributed by atoms with Crippen molar-refractivity contribution in [2.24, 2.45) is 5.92 Å². The van der Waals surface area contributed by atoms with E-state index in [9.17, 15) is 23.1 Å². The van der Waals surface area contributed by atoms with E-state index in [0.717, 1.165) is 27.6 Å². The zero-order chi connectivity index (χ0) is 27.4. The van der Waals surface area contributed by atoms with E-state index in [1.54, 1.807) is 20.0 Å². The second-order valence-corrected chi connectivity index (χ2v) is 11.2. The molecule has 10 heteroatoms. The second-order valence-electron chi connectivity index (χ2n) is 9.52. The summed E-state index contributed by atoms with van der Waals surface area (Å²) in [6.45, 7) is 6.29. The summed E-state index contributed by atoms with van der Waals surface area (Å²) in [4.78, 5) is 29.6. The molecule has 0 spiro atoms. The molecule has 0 saturated carbocycles. The molecule has 1 fully saturated rings. The second kappa shape index (κ2) is 11.3. The van der Waals surface area contributed by atoms with Gasteiger partial charge in [-0.25, -0.2) is 0 Å². The first kappa shape index (κ1) is 27.3. The molecule has 3 aromatic rings. The number of pyridine rings is 1. The van der Waals surface area contributed by atoms with Gasteiger partial charge < -0.3 is 10.0 Å². The van der Waals surface area contributed by atoms with Crippen LogP contribution < -0.4 is 9.62 Å². The fourth-order valence-corrected chi connectivity index (χ4v) is 5.81. The van der Waals surface area contributed by atoms with Crippen LogP contribution >= 0.6 is 0 Å². The number of anilines is 1. The van der Waals surface area contributed by atoms with Gasteiger partial charge in [-0.05, 0) is 53.8 Å². The van der Waals surface area contributed by atoms with E-state index in [1.807, 2.05) is 48.5 Å². The van der Waals surface area contributed by atoms with Crippen molar-refractivity contribution in [3.8, 4) is 11.8 Å². The summed E-state index contributed by atoms with van der Waals surface area (Å²) in [5.41, 5.74) is 2.99. The summed E-state index contributed by atoms with van der Waals surface area (Å²) in [7, 11) is -3.91. The van der Waals surface area contributed by atoms with Crippen molar-refractivity contribution in [3.63, 3.8) is 0 Å². The van der Waals surface area contributed by atoms with Gasteiger partial charge in [0, 0.05) is 61.5 Å². The fraction of sp³-hybridized carbons (Fsp3) is 0.321. The van der Waals surface area contributed by atoms with Crippen LogP contribution in [0.25, 0.3) is 10.8 Å². The normalized spacial score (nSPS) is 15.2. The van der Waals surface area contributed by atoms with Crippen LogP contribution in [0.4, 0.5) is 5.69 Å². The van der Waals surface area contributed by atoms with Crippen molar-refractivity contribution < 1.29 is 23.1 Å². The van der Waals surface area contributed by atoms with E-state index in [2.05, 4.69) is 26.4 Å². The molecule has 2 heterocycles. The molecule has 1 aliphatic rings. The number of benzene rings is 2. The minimum absolute atomic E-state index is 0.0917. The average molecular weight is 535 g/mol. The third-order valence-corrected chi connectivity index (χ3v) is 8.07. The molecule has 0 amide bonds. The Morgan fingerprint density at radius 3 is 2.21 bits per heavy atom. The number of nitrogens with one attached hydrogen (secondary N) is 1. The van der Waals surface area contributed by atoms with E-state index in [1.165, 1.54) is 11.2 Å². The number of hydrogen-bond acceptors (Lipinski definition) is 6. The van der Waals surface area contributed by atoms with Gasteiger partial charge in [0.2, 0.25) is 0 Å². The molecule has 1 aromatic heterocycles. The number of nitrogens with zero attached hydrogens (tertiary/aromatic N) is 3. The van der Waals surface area contributed by atoms with E-state index >= 15 is 0 Å². The van der Waals surface area contributed by atoms with Crippen LogP contribution in [0.2, 0.25) is 0 Å². The van der Waals surface area contributed by atoms with E-state index < -0.39 is 22.2 Å². The third-order valence-electron chi connectivity index (χ3n) is 6.47. The molecule has 0 bridgehead atoms. The topological polar surface area (TPSA) is 120 Å². The van der Waals surface area contributed by atoms with Crippen LogP contribution in [0.5, 0.6) is 0 Å². The maximum atomic E-state index is 12.7. The number of aromatic nitrogens is 1. The largest absolute Gasteiger partial charge is 0.480 e. The van der Waals surface area contributed by atoms with Crippen molar-refractivity contribution >= 4 is 38.4 Å². The maximum Gasteiger partial charge on any atom is 0.322 e. The SMILES string of the molecule is CC(=O)c1nccc2ccc(C#Cc3ccc(N4CCN(S(=O)(=O)NC(C(=O)O)C(C)C)CC4)cc3)cc12. The average Bonchev–Trinajstić information content (AvgIpc) is 2.90. The number of Topliss-reactive ketones (excluding diaryl/α,β-unsaturated/α-hetero) is 1. The Bertz CT molecular complexity index is 1520. The molecule has 0 radical (unpaired) electrons. The number of carboxylic acids is 1. The summed E-state index contributed by atoms with van der Waals surface area (Å²) < 4.78 is 29.0. The minimum Gasteiger partial charge on any atom is -0.480 e. The molecule has 2 aromatic carbocycles. The smallest absolute Gasteiger partial charge is 0.322 e. The standard InChI is InChI=1S/C28H30N4O5S/c1-19(2)26(28(34)35)30-38(36,37)32-16-14-31(15-17-32)24-10-7-21(8-11-24)4-5-22-6-9-23-12-13-29-27(20(3)33)25(23)18-22/h6-13,18-19,26,30H,14-17H2,1-3H3,(H,34,35). The van der Waals surface area contributed by atoms with Crippen LogP contribution in [0.15, 0.2) is 54.7 Å². The first-order chi connectivity index (χ1) is 18.0.